The van der Waals surface area contributed by atoms with E-state index in [1.807, 2.05) is 42.5 Å². The molecule has 0 unspecified atom stereocenters. The highest BCUT2D eigenvalue weighted by Gasteiger charge is 2.19. The van der Waals surface area contributed by atoms with Crippen LogP contribution < -0.4 is 0 Å². The molecule has 0 aliphatic heterocycles. The summed E-state index contributed by atoms with van der Waals surface area (Å²) in [5.74, 6) is 0.270. The highest BCUT2D eigenvalue weighted by atomic mass is 35.5. The molecule has 3 rings (SSSR count). The number of benzene rings is 3. The fourth-order valence-corrected chi connectivity index (χ4v) is 4.90. The van der Waals surface area contributed by atoms with Crippen molar-refractivity contribution in [2.45, 2.75) is 14.4 Å². The molecule has 0 saturated carbocycles. The van der Waals surface area contributed by atoms with Crippen LogP contribution in [0.25, 0.3) is 0 Å². The van der Waals surface area contributed by atoms with Gasteiger partial charge in [-0.05, 0) is 42.5 Å². The van der Waals surface area contributed by atoms with Crippen LogP contribution in [-0.2, 0) is 0 Å². The van der Waals surface area contributed by atoms with Crippen LogP contribution in [0.4, 0.5) is 0 Å². The molecule has 0 bridgehead atoms. The lowest BCUT2D eigenvalue weighted by Crippen LogP contribution is -1.91. The molecule has 1 nitrogen and oxygen atoms in total. The van der Waals surface area contributed by atoms with Crippen LogP contribution in [0.3, 0.4) is 0 Å². The standard InChI is InChI=1S/C19H15ClOS2/c20-14-11-12-18(21)17(13-14)19(22-15-7-3-1-4-8-15)23-16-9-5-2-6-10-16/h1-13,19,21H. The number of rotatable bonds is 5. The third kappa shape index (κ3) is 4.47. The topological polar surface area (TPSA) is 20.2 Å². The Hall–Kier alpha value is -1.55. The lowest BCUT2D eigenvalue weighted by Gasteiger charge is -2.18. The molecule has 0 saturated heterocycles. The molecule has 0 spiro atoms. The van der Waals surface area contributed by atoms with Crippen LogP contribution in [-0.4, -0.2) is 5.11 Å². The lowest BCUT2D eigenvalue weighted by molar-refractivity contribution is 0.470. The van der Waals surface area contributed by atoms with Crippen LogP contribution in [0.2, 0.25) is 5.02 Å². The van der Waals surface area contributed by atoms with Crippen molar-refractivity contribution in [1.29, 1.82) is 0 Å². The van der Waals surface area contributed by atoms with Crippen molar-refractivity contribution in [3.8, 4) is 5.75 Å². The normalized spacial score (nSPS) is 10.9. The number of phenolic OH excluding ortho intramolecular Hbond substituents is 1. The summed E-state index contributed by atoms with van der Waals surface area (Å²) in [4.78, 5) is 2.31. The average Bonchev–Trinajstić information content (AvgIpc) is 2.58. The molecule has 3 aromatic carbocycles. The quantitative estimate of drug-likeness (QED) is 0.408. The highest BCUT2D eigenvalue weighted by molar-refractivity contribution is 8.16. The Morgan fingerprint density at radius 1 is 0.739 bits per heavy atom. The molecule has 0 aromatic heterocycles. The Balaban J connectivity index is 1.94. The summed E-state index contributed by atoms with van der Waals surface area (Å²) in [5.41, 5.74) is 0.834. The van der Waals surface area contributed by atoms with Crippen LogP contribution in [0.15, 0.2) is 88.7 Å². The Kier molecular flexibility index (Phi) is 5.55. The van der Waals surface area contributed by atoms with Crippen molar-refractivity contribution in [3.63, 3.8) is 0 Å². The second-order valence-corrected chi connectivity index (χ2v) is 7.99. The maximum absolute atomic E-state index is 10.3. The first-order valence-electron chi connectivity index (χ1n) is 7.14. The summed E-state index contributed by atoms with van der Waals surface area (Å²) in [6.07, 6.45) is 0. The third-order valence-corrected chi connectivity index (χ3v) is 6.05. The Labute approximate surface area is 149 Å². The van der Waals surface area contributed by atoms with Crippen LogP contribution in [0, 0.1) is 0 Å². The first kappa shape index (κ1) is 16.3. The third-order valence-electron chi connectivity index (χ3n) is 3.22. The summed E-state index contributed by atoms with van der Waals surface area (Å²) in [6, 6.07) is 25.6. The highest BCUT2D eigenvalue weighted by Crippen LogP contribution is 2.49. The van der Waals surface area contributed by atoms with Crippen LogP contribution in [0.5, 0.6) is 5.75 Å². The van der Waals surface area contributed by atoms with Crippen molar-refractivity contribution in [1.82, 2.24) is 0 Å². The maximum Gasteiger partial charge on any atom is 0.120 e. The zero-order valence-electron chi connectivity index (χ0n) is 12.2. The smallest absolute Gasteiger partial charge is 0.120 e. The summed E-state index contributed by atoms with van der Waals surface area (Å²) >= 11 is 9.54. The fourth-order valence-electron chi connectivity index (χ4n) is 2.11. The molecule has 23 heavy (non-hydrogen) atoms. The summed E-state index contributed by atoms with van der Waals surface area (Å²) < 4.78 is 0.0125. The van der Waals surface area contributed by atoms with Gasteiger partial charge in [0, 0.05) is 20.4 Å². The molecule has 0 heterocycles. The van der Waals surface area contributed by atoms with Gasteiger partial charge >= 0.3 is 0 Å². The van der Waals surface area contributed by atoms with E-state index in [1.165, 1.54) is 0 Å². The summed E-state index contributed by atoms with van der Waals surface area (Å²) in [7, 11) is 0. The number of aromatic hydroxyl groups is 1. The zero-order chi connectivity index (χ0) is 16.1. The molecule has 0 atom stereocenters. The predicted octanol–water partition coefficient (Wildman–Crippen LogP) is 6.63. The average molecular weight is 359 g/mol. The molecule has 1 N–H and O–H groups in total. The van der Waals surface area contributed by atoms with Gasteiger partial charge in [-0.1, -0.05) is 48.0 Å². The minimum absolute atomic E-state index is 0.0125. The fraction of sp³-hybridized carbons (Fsp3) is 0.0526. The monoisotopic (exact) mass is 358 g/mol. The van der Waals surface area contributed by atoms with Gasteiger partial charge in [-0.15, -0.1) is 23.5 Å². The van der Waals surface area contributed by atoms with Crippen molar-refractivity contribution in [2.24, 2.45) is 0 Å². The first-order chi connectivity index (χ1) is 11.2. The van der Waals surface area contributed by atoms with Crippen LogP contribution >= 0.6 is 35.1 Å². The van der Waals surface area contributed by atoms with Gasteiger partial charge < -0.3 is 5.11 Å². The molecule has 0 aliphatic carbocycles. The zero-order valence-corrected chi connectivity index (χ0v) is 14.6. The van der Waals surface area contributed by atoms with E-state index < -0.39 is 0 Å². The van der Waals surface area contributed by atoms with E-state index in [-0.39, 0.29) is 10.3 Å². The largest absolute Gasteiger partial charge is 0.508 e. The maximum atomic E-state index is 10.3. The van der Waals surface area contributed by atoms with Gasteiger partial charge in [0.25, 0.3) is 0 Å². The Morgan fingerprint density at radius 2 is 1.26 bits per heavy atom. The van der Waals surface area contributed by atoms with Gasteiger partial charge in [-0.3, -0.25) is 0 Å². The number of halogens is 1. The van der Waals surface area contributed by atoms with Gasteiger partial charge in [-0.25, -0.2) is 0 Å². The van der Waals surface area contributed by atoms with E-state index in [9.17, 15) is 5.11 Å². The number of thioether (sulfide) groups is 2. The number of hydrogen-bond donors (Lipinski definition) is 1. The lowest BCUT2D eigenvalue weighted by atomic mass is 10.2. The van der Waals surface area contributed by atoms with E-state index in [1.54, 1.807) is 35.7 Å². The van der Waals surface area contributed by atoms with E-state index in [0.29, 0.717) is 5.02 Å². The second kappa shape index (κ2) is 7.82. The van der Waals surface area contributed by atoms with E-state index in [4.69, 9.17) is 11.6 Å². The SMILES string of the molecule is Oc1ccc(Cl)cc1C(Sc1ccccc1)Sc1ccccc1. The number of hydrogen-bond acceptors (Lipinski definition) is 3. The molecule has 0 aliphatic rings. The predicted molar refractivity (Wildman–Crippen MR) is 100 cm³/mol. The van der Waals surface area contributed by atoms with Gasteiger partial charge in [0.1, 0.15) is 5.75 Å². The minimum atomic E-state index is 0.0125. The van der Waals surface area contributed by atoms with Gasteiger partial charge in [-0.2, -0.15) is 0 Å². The van der Waals surface area contributed by atoms with Crippen molar-refractivity contribution >= 4 is 35.1 Å². The van der Waals surface area contributed by atoms with Crippen molar-refractivity contribution < 1.29 is 5.11 Å². The minimum Gasteiger partial charge on any atom is -0.508 e. The molecule has 116 valence electrons. The molecule has 4 heteroatoms. The van der Waals surface area contributed by atoms with Gasteiger partial charge in [0.15, 0.2) is 0 Å². The van der Waals surface area contributed by atoms with E-state index in [0.717, 1.165) is 15.4 Å². The van der Waals surface area contributed by atoms with E-state index in [2.05, 4.69) is 24.3 Å². The molecule has 3 aromatic rings. The molecule has 0 radical (unpaired) electrons. The first-order valence-corrected chi connectivity index (χ1v) is 9.28. The Morgan fingerprint density at radius 3 is 1.78 bits per heavy atom. The van der Waals surface area contributed by atoms with E-state index >= 15 is 0 Å². The summed E-state index contributed by atoms with van der Waals surface area (Å²) in [5, 5.41) is 10.9. The molecular weight excluding hydrogens is 344 g/mol. The molecular formula is C19H15ClOS2. The van der Waals surface area contributed by atoms with Gasteiger partial charge in [0.2, 0.25) is 0 Å². The summed E-state index contributed by atoms with van der Waals surface area (Å²) in [6.45, 7) is 0. The molecule has 0 fully saturated rings. The number of phenols is 1. The van der Waals surface area contributed by atoms with Gasteiger partial charge in [0.05, 0.1) is 4.58 Å². The van der Waals surface area contributed by atoms with Crippen LogP contribution in [0.1, 0.15) is 10.1 Å². The second-order valence-electron chi connectivity index (χ2n) is 4.90. The van der Waals surface area contributed by atoms with Crippen molar-refractivity contribution in [2.75, 3.05) is 0 Å². The Bertz CT molecular complexity index is 721. The molecule has 0 amide bonds. The van der Waals surface area contributed by atoms with Crippen molar-refractivity contribution in [3.05, 3.63) is 89.4 Å².